The molecule has 2 heterocycles. The van der Waals surface area contributed by atoms with Gasteiger partial charge in [-0.3, -0.25) is 0 Å². The monoisotopic (exact) mass is 392 g/mol. The second-order valence-electron chi connectivity index (χ2n) is 6.40. The summed E-state index contributed by atoms with van der Waals surface area (Å²) in [5.74, 6) is 1.93. The van der Waals surface area contributed by atoms with Crippen molar-refractivity contribution in [1.29, 1.82) is 0 Å². The molecule has 0 aliphatic carbocycles. The maximum Gasteiger partial charge on any atom is 0.104 e. The van der Waals surface area contributed by atoms with E-state index in [-0.39, 0.29) is 0 Å². The molecule has 26 heavy (non-hydrogen) atoms. The summed E-state index contributed by atoms with van der Waals surface area (Å²) < 4.78 is 21.5. The molecule has 2 saturated heterocycles. The maximum absolute atomic E-state index is 5.62. The Balaban J connectivity index is 1.25. The van der Waals surface area contributed by atoms with Gasteiger partial charge in [-0.1, -0.05) is 18.2 Å². The zero-order valence-corrected chi connectivity index (χ0v) is 16.4. The first-order chi connectivity index (χ1) is 12.9. The number of rotatable bonds is 12. The van der Waals surface area contributed by atoms with Crippen LogP contribution in [0.1, 0.15) is 0 Å². The zero-order valence-electron chi connectivity index (χ0n) is 14.7. The molecule has 140 valence electrons. The van der Waals surface area contributed by atoms with Crippen molar-refractivity contribution in [1.82, 2.24) is 0 Å². The quantitative estimate of drug-likeness (QED) is 0.310. The van der Waals surface area contributed by atoms with E-state index in [4.69, 9.17) is 18.9 Å². The summed E-state index contributed by atoms with van der Waals surface area (Å²) in [6.07, 6.45) is 0.699. The molecule has 0 spiro atoms. The topological polar surface area (TPSA) is 43.5 Å². The van der Waals surface area contributed by atoms with E-state index >= 15 is 0 Å². The van der Waals surface area contributed by atoms with Gasteiger partial charge < -0.3 is 18.9 Å². The molecule has 0 N–H and O–H groups in total. The van der Waals surface area contributed by atoms with Crippen LogP contribution in [0.4, 0.5) is 0 Å². The largest absolute Gasteiger partial charge is 0.378 e. The van der Waals surface area contributed by atoms with Crippen molar-refractivity contribution in [2.75, 3.05) is 51.1 Å². The number of ether oxygens (including phenoxy) is 4. The van der Waals surface area contributed by atoms with Gasteiger partial charge in [-0.05, 0) is 29.0 Å². The van der Waals surface area contributed by atoms with E-state index < -0.39 is 0 Å². The van der Waals surface area contributed by atoms with E-state index in [1.54, 1.807) is 0 Å². The highest BCUT2D eigenvalue weighted by molar-refractivity contribution is 7.99. The Labute approximate surface area is 162 Å². The van der Waals surface area contributed by atoms with Crippen LogP contribution in [0.2, 0.25) is 0 Å². The Kier molecular flexibility index (Phi) is 6.75. The second-order valence-corrected chi connectivity index (χ2v) is 8.70. The predicted octanol–water partition coefficient (Wildman–Crippen LogP) is 3.85. The first kappa shape index (κ1) is 18.6. The van der Waals surface area contributed by atoms with Crippen LogP contribution in [0.5, 0.6) is 0 Å². The van der Waals surface area contributed by atoms with Crippen LogP contribution in [-0.4, -0.2) is 63.4 Å². The van der Waals surface area contributed by atoms with Gasteiger partial charge in [0.15, 0.2) is 0 Å². The van der Waals surface area contributed by atoms with Gasteiger partial charge >= 0.3 is 0 Å². The molecule has 6 heteroatoms. The molecule has 2 aliphatic rings. The van der Waals surface area contributed by atoms with Gasteiger partial charge in [-0.2, -0.15) is 0 Å². The van der Waals surface area contributed by atoms with Crippen molar-refractivity contribution in [3.8, 4) is 0 Å². The van der Waals surface area contributed by atoms with E-state index in [1.165, 1.54) is 20.6 Å². The zero-order chi connectivity index (χ0) is 17.6. The molecule has 2 unspecified atom stereocenters. The highest BCUT2D eigenvalue weighted by atomic mass is 32.2. The fourth-order valence-electron chi connectivity index (χ4n) is 2.63. The minimum Gasteiger partial charge on any atom is -0.378 e. The minimum atomic E-state index is 0.348. The third-order valence-electron chi connectivity index (χ3n) is 4.21. The Morgan fingerprint density at radius 2 is 1.58 bits per heavy atom. The first-order valence-electron chi connectivity index (χ1n) is 9.05. The summed E-state index contributed by atoms with van der Waals surface area (Å²) in [5.41, 5.74) is 0. The van der Waals surface area contributed by atoms with Crippen molar-refractivity contribution in [2.45, 2.75) is 22.0 Å². The molecule has 0 aromatic heterocycles. The standard InChI is InChI=1S/C20H24O4S2/c1-2-15-10-18(25-8-6-21-11-16-13-23-16)4-5-19(15)20(3-1)26-9-7-22-12-17-14-24-17/h1-5,10,16-17H,6-9,11-14H2. The number of benzene rings is 2. The van der Waals surface area contributed by atoms with Gasteiger partial charge in [0.2, 0.25) is 0 Å². The fourth-order valence-corrected chi connectivity index (χ4v) is 4.38. The number of epoxide rings is 2. The lowest BCUT2D eigenvalue weighted by molar-refractivity contribution is 0.130. The van der Waals surface area contributed by atoms with Crippen LogP contribution >= 0.6 is 23.5 Å². The summed E-state index contributed by atoms with van der Waals surface area (Å²) >= 11 is 3.70. The molecular weight excluding hydrogens is 368 g/mol. The van der Waals surface area contributed by atoms with Gasteiger partial charge in [0, 0.05) is 21.3 Å². The smallest absolute Gasteiger partial charge is 0.104 e. The molecule has 4 nitrogen and oxygen atoms in total. The molecule has 0 radical (unpaired) electrons. The Morgan fingerprint density at radius 3 is 2.27 bits per heavy atom. The van der Waals surface area contributed by atoms with Crippen LogP contribution in [-0.2, 0) is 18.9 Å². The third kappa shape index (κ3) is 5.87. The van der Waals surface area contributed by atoms with Gasteiger partial charge in [0.25, 0.3) is 0 Å². The normalized spacial score (nSPS) is 21.2. The first-order valence-corrected chi connectivity index (χ1v) is 11.0. The lowest BCUT2D eigenvalue weighted by Crippen LogP contribution is -2.04. The van der Waals surface area contributed by atoms with Gasteiger partial charge in [0.1, 0.15) is 12.2 Å². The number of hydrogen-bond donors (Lipinski definition) is 0. The lowest BCUT2D eigenvalue weighted by Gasteiger charge is -2.09. The van der Waals surface area contributed by atoms with Crippen molar-refractivity contribution >= 4 is 34.3 Å². The van der Waals surface area contributed by atoms with Crippen molar-refractivity contribution in [3.05, 3.63) is 36.4 Å². The van der Waals surface area contributed by atoms with Gasteiger partial charge in [-0.25, -0.2) is 0 Å². The van der Waals surface area contributed by atoms with Gasteiger partial charge in [-0.15, -0.1) is 23.5 Å². The van der Waals surface area contributed by atoms with E-state index in [9.17, 15) is 0 Å². The Bertz CT molecular complexity index is 716. The maximum atomic E-state index is 5.62. The number of hydrogen-bond acceptors (Lipinski definition) is 6. The van der Waals surface area contributed by atoms with Gasteiger partial charge in [0.05, 0.1) is 39.6 Å². The highest BCUT2D eigenvalue weighted by Gasteiger charge is 2.22. The summed E-state index contributed by atoms with van der Waals surface area (Å²) in [6.45, 7) is 4.71. The fraction of sp³-hybridized carbons (Fsp3) is 0.500. The van der Waals surface area contributed by atoms with Crippen molar-refractivity contribution < 1.29 is 18.9 Å². The summed E-state index contributed by atoms with van der Waals surface area (Å²) in [7, 11) is 0. The molecule has 0 amide bonds. The number of thioether (sulfide) groups is 2. The summed E-state index contributed by atoms with van der Waals surface area (Å²) in [5, 5.41) is 2.61. The SMILES string of the molecule is c1cc(SCCOCC2CO2)c2ccc(SCCOCC3CO3)cc2c1. The molecule has 0 saturated carbocycles. The van der Waals surface area contributed by atoms with Crippen LogP contribution in [0.15, 0.2) is 46.2 Å². The average molecular weight is 393 g/mol. The average Bonchev–Trinajstić information content (AvgIpc) is 3.56. The minimum absolute atomic E-state index is 0.348. The van der Waals surface area contributed by atoms with Crippen LogP contribution in [0.25, 0.3) is 10.8 Å². The summed E-state index contributed by atoms with van der Waals surface area (Å²) in [4.78, 5) is 2.61. The van der Waals surface area contributed by atoms with E-state index in [1.807, 2.05) is 23.5 Å². The van der Waals surface area contributed by atoms with Crippen LogP contribution in [0, 0.1) is 0 Å². The highest BCUT2D eigenvalue weighted by Crippen LogP contribution is 2.31. The molecule has 4 rings (SSSR count). The molecule has 0 bridgehead atoms. The number of fused-ring (bicyclic) bond motifs is 1. The Morgan fingerprint density at radius 1 is 0.885 bits per heavy atom. The van der Waals surface area contributed by atoms with Crippen LogP contribution in [0.3, 0.4) is 0 Å². The van der Waals surface area contributed by atoms with E-state index in [0.717, 1.165) is 51.1 Å². The second kappa shape index (κ2) is 9.44. The van der Waals surface area contributed by atoms with Crippen molar-refractivity contribution in [2.24, 2.45) is 0 Å². The predicted molar refractivity (Wildman–Crippen MR) is 107 cm³/mol. The van der Waals surface area contributed by atoms with Crippen LogP contribution < -0.4 is 0 Å². The molecule has 2 aromatic carbocycles. The summed E-state index contributed by atoms with van der Waals surface area (Å²) in [6, 6.07) is 13.2. The molecule has 2 aliphatic heterocycles. The molecule has 2 atom stereocenters. The Hall–Kier alpha value is -0.760. The molecule has 2 aromatic rings. The van der Waals surface area contributed by atoms with Crippen molar-refractivity contribution in [3.63, 3.8) is 0 Å². The molecular formula is C20H24O4S2. The van der Waals surface area contributed by atoms with E-state index in [0.29, 0.717) is 12.2 Å². The lowest BCUT2D eigenvalue weighted by atomic mass is 10.1. The third-order valence-corrected chi connectivity index (χ3v) is 6.20. The molecule has 2 fully saturated rings. The van der Waals surface area contributed by atoms with E-state index in [2.05, 4.69) is 36.4 Å².